The number of ketones is 1. The summed E-state index contributed by atoms with van der Waals surface area (Å²) < 4.78 is 0. The zero-order valence-electron chi connectivity index (χ0n) is 20.2. The van der Waals surface area contributed by atoms with Gasteiger partial charge in [-0.1, -0.05) is 38.2 Å². The van der Waals surface area contributed by atoms with Crippen LogP contribution in [0.4, 0.5) is 0 Å². The van der Waals surface area contributed by atoms with E-state index in [-0.39, 0.29) is 11.3 Å². The number of hydrogen-bond acceptors (Lipinski definition) is 5. The van der Waals surface area contributed by atoms with Crippen LogP contribution in [0.15, 0.2) is 35.5 Å². The van der Waals surface area contributed by atoms with Gasteiger partial charge < -0.3 is 20.4 Å². The molecule has 0 radical (unpaired) electrons. The molecule has 3 aliphatic rings. The number of Topliss-reactive ketones (excluding diaryl/α,β-unsaturated/α-hetero) is 1. The van der Waals surface area contributed by atoms with Gasteiger partial charge in [0.05, 0.1) is 12.2 Å². The van der Waals surface area contributed by atoms with E-state index in [0.717, 1.165) is 37.7 Å². The minimum atomic E-state index is -1.51. The Morgan fingerprint density at radius 1 is 1.28 bits per heavy atom. The van der Waals surface area contributed by atoms with E-state index in [1.165, 1.54) is 19.4 Å². The molecule has 0 bridgehead atoms. The number of aliphatic hydroxyl groups excluding tert-OH is 3. The fourth-order valence-corrected chi connectivity index (χ4v) is 6.71. The average molecular weight is 447 g/mol. The van der Waals surface area contributed by atoms with Crippen molar-refractivity contribution < 1.29 is 25.2 Å². The van der Waals surface area contributed by atoms with Gasteiger partial charge in [-0.2, -0.15) is 0 Å². The maximum atomic E-state index is 12.3. The molecule has 5 nitrogen and oxygen atoms in total. The lowest BCUT2D eigenvalue weighted by molar-refractivity contribution is -0.144. The van der Waals surface area contributed by atoms with Gasteiger partial charge in [-0.05, 0) is 93.1 Å². The zero-order chi connectivity index (χ0) is 23.8. The summed E-state index contributed by atoms with van der Waals surface area (Å²) in [5.74, 6) is 0.570. The molecule has 3 rings (SSSR count). The summed E-state index contributed by atoms with van der Waals surface area (Å²) in [6.45, 7) is 11.4. The summed E-state index contributed by atoms with van der Waals surface area (Å²) in [4.78, 5) is 12.3. The molecule has 0 aromatic carbocycles. The summed E-state index contributed by atoms with van der Waals surface area (Å²) in [6, 6.07) is 0. The van der Waals surface area contributed by atoms with Crippen molar-refractivity contribution in [1.29, 1.82) is 0 Å². The highest BCUT2D eigenvalue weighted by molar-refractivity contribution is 5.89. The molecular weight excluding hydrogens is 404 g/mol. The highest BCUT2D eigenvalue weighted by atomic mass is 16.3. The van der Waals surface area contributed by atoms with E-state index in [0.29, 0.717) is 36.7 Å². The van der Waals surface area contributed by atoms with E-state index in [1.807, 2.05) is 0 Å². The van der Waals surface area contributed by atoms with Crippen LogP contribution in [0.3, 0.4) is 0 Å². The molecule has 0 amide bonds. The number of aliphatic hydroxyl groups is 4. The van der Waals surface area contributed by atoms with Crippen LogP contribution in [-0.4, -0.2) is 50.1 Å². The molecule has 1 unspecified atom stereocenters. The Labute approximate surface area is 192 Å². The van der Waals surface area contributed by atoms with Crippen LogP contribution in [-0.2, 0) is 4.79 Å². The average Bonchev–Trinajstić information content (AvgIpc) is 3.05. The topological polar surface area (TPSA) is 98.0 Å². The Morgan fingerprint density at radius 2 is 1.97 bits per heavy atom. The van der Waals surface area contributed by atoms with Crippen molar-refractivity contribution in [3.05, 3.63) is 35.5 Å². The van der Waals surface area contributed by atoms with Crippen LogP contribution < -0.4 is 0 Å². The smallest absolute Gasteiger partial charge is 0.192 e. The molecule has 0 aromatic rings. The van der Waals surface area contributed by atoms with Gasteiger partial charge in [-0.15, -0.1) is 0 Å². The fraction of sp³-hybridized carbons (Fsp3) is 0.741. The molecule has 0 spiro atoms. The van der Waals surface area contributed by atoms with Gasteiger partial charge in [0.1, 0.15) is 11.7 Å². The number of hydrogen-bond donors (Lipinski definition) is 4. The lowest BCUT2D eigenvalue weighted by Gasteiger charge is -2.44. The van der Waals surface area contributed by atoms with E-state index in [2.05, 4.69) is 32.6 Å². The molecule has 4 N–H and O–H groups in total. The SMILES string of the molecule is C=C1/C(=C\C=C2/CCC[C@]3(C)[C@@H]2CC[C@H]3[C@H](C)CC(O)C(=O)C(C)(C)O)C[C@@H](O)C[C@@H]1O. The normalized spacial score (nSPS) is 38.1. The molecule has 5 heteroatoms. The first-order valence-corrected chi connectivity index (χ1v) is 12.2. The Morgan fingerprint density at radius 3 is 2.62 bits per heavy atom. The number of allylic oxidation sites excluding steroid dienone is 3. The van der Waals surface area contributed by atoms with Crippen LogP contribution in [0.2, 0.25) is 0 Å². The lowest BCUT2D eigenvalue weighted by Crippen LogP contribution is -2.42. The predicted octanol–water partition coefficient (Wildman–Crippen LogP) is 3.85. The standard InChI is InChI=1S/C27H42O5/c1-16(13-24(30)25(31)26(3,4)32)21-10-11-22-18(7-6-12-27(21,22)5)8-9-19-14-20(28)15-23(29)17(19)2/h8-9,16,20-24,28-30,32H,2,6-7,10-15H2,1,3-5H3/b18-8+,19-9-/t16-,20-,21+,22-,23+,24?,27+/m1/s1. The van der Waals surface area contributed by atoms with Crippen molar-refractivity contribution in [2.75, 3.05) is 0 Å². The van der Waals surface area contributed by atoms with E-state index in [4.69, 9.17) is 0 Å². The number of fused-ring (bicyclic) bond motifs is 1. The molecular formula is C27H42O5. The molecule has 0 heterocycles. The molecule has 3 fully saturated rings. The van der Waals surface area contributed by atoms with Crippen molar-refractivity contribution in [3.8, 4) is 0 Å². The molecule has 0 saturated heterocycles. The van der Waals surface area contributed by atoms with Gasteiger partial charge in [-0.25, -0.2) is 0 Å². The second kappa shape index (κ2) is 9.54. The van der Waals surface area contributed by atoms with Gasteiger partial charge in [0.25, 0.3) is 0 Å². The van der Waals surface area contributed by atoms with Crippen LogP contribution in [0, 0.1) is 23.2 Å². The van der Waals surface area contributed by atoms with Crippen molar-refractivity contribution in [3.63, 3.8) is 0 Å². The quantitative estimate of drug-likeness (QED) is 0.497. The van der Waals surface area contributed by atoms with Gasteiger partial charge in [0.15, 0.2) is 5.78 Å². The second-order valence-corrected chi connectivity index (χ2v) is 11.3. The molecule has 0 aromatic heterocycles. The Kier molecular flexibility index (Phi) is 7.56. The van der Waals surface area contributed by atoms with Crippen molar-refractivity contribution in [1.82, 2.24) is 0 Å². The number of carbonyl (C=O) groups is 1. The van der Waals surface area contributed by atoms with Crippen LogP contribution in [0.25, 0.3) is 0 Å². The molecule has 32 heavy (non-hydrogen) atoms. The van der Waals surface area contributed by atoms with E-state index in [1.54, 1.807) is 0 Å². The first-order valence-electron chi connectivity index (χ1n) is 12.2. The molecule has 3 saturated carbocycles. The zero-order valence-corrected chi connectivity index (χ0v) is 20.2. The van der Waals surface area contributed by atoms with Crippen LogP contribution >= 0.6 is 0 Å². The fourth-order valence-electron chi connectivity index (χ4n) is 6.71. The second-order valence-electron chi connectivity index (χ2n) is 11.3. The summed E-state index contributed by atoms with van der Waals surface area (Å²) in [5.41, 5.74) is 1.69. The minimum Gasteiger partial charge on any atom is -0.393 e. The van der Waals surface area contributed by atoms with Crippen molar-refractivity contribution in [2.45, 2.75) is 103 Å². The van der Waals surface area contributed by atoms with Gasteiger partial charge in [0, 0.05) is 6.42 Å². The maximum absolute atomic E-state index is 12.3. The minimum absolute atomic E-state index is 0.127. The lowest BCUT2D eigenvalue weighted by atomic mass is 9.60. The summed E-state index contributed by atoms with van der Waals surface area (Å²) in [6.07, 6.45) is 8.69. The summed E-state index contributed by atoms with van der Waals surface area (Å²) in [7, 11) is 0. The molecule has 7 atom stereocenters. The molecule has 0 aliphatic heterocycles. The monoisotopic (exact) mass is 446 g/mol. The maximum Gasteiger partial charge on any atom is 0.192 e. The van der Waals surface area contributed by atoms with Crippen LogP contribution in [0.1, 0.15) is 79.1 Å². The highest BCUT2D eigenvalue weighted by Gasteiger charge is 2.51. The third-order valence-corrected chi connectivity index (χ3v) is 8.49. The summed E-state index contributed by atoms with van der Waals surface area (Å²) >= 11 is 0. The summed E-state index contributed by atoms with van der Waals surface area (Å²) in [5, 5.41) is 40.6. The van der Waals surface area contributed by atoms with Gasteiger partial charge in [-0.3, -0.25) is 4.79 Å². The number of rotatable bonds is 6. The van der Waals surface area contributed by atoms with Crippen molar-refractivity contribution >= 4 is 5.78 Å². The molecule has 180 valence electrons. The van der Waals surface area contributed by atoms with Gasteiger partial charge in [0.2, 0.25) is 0 Å². The third kappa shape index (κ3) is 5.11. The largest absolute Gasteiger partial charge is 0.393 e. The van der Waals surface area contributed by atoms with Crippen molar-refractivity contribution in [2.24, 2.45) is 23.2 Å². The van der Waals surface area contributed by atoms with E-state index >= 15 is 0 Å². The first kappa shape index (κ1) is 25.4. The predicted molar refractivity (Wildman–Crippen MR) is 126 cm³/mol. The molecule has 3 aliphatic carbocycles. The third-order valence-electron chi connectivity index (χ3n) is 8.49. The Balaban J connectivity index is 1.75. The van der Waals surface area contributed by atoms with Crippen LogP contribution in [0.5, 0.6) is 0 Å². The highest BCUT2D eigenvalue weighted by Crippen LogP contribution is 2.59. The number of carbonyl (C=O) groups excluding carboxylic acids is 1. The van der Waals surface area contributed by atoms with Gasteiger partial charge >= 0.3 is 0 Å². The van der Waals surface area contributed by atoms with E-state index < -0.39 is 29.7 Å². The van der Waals surface area contributed by atoms with E-state index in [9.17, 15) is 25.2 Å². The Hall–Kier alpha value is -1.27. The first-order chi connectivity index (χ1) is 14.8. The Bertz CT molecular complexity index is 788.